The highest BCUT2D eigenvalue weighted by atomic mass is 16.3. The number of rotatable bonds is 6. The van der Waals surface area contributed by atoms with Crippen LogP contribution in [0.5, 0.6) is 5.75 Å². The molecule has 6 heteroatoms. The van der Waals surface area contributed by atoms with E-state index in [0.29, 0.717) is 24.0 Å². The molecule has 0 fully saturated rings. The van der Waals surface area contributed by atoms with Crippen molar-refractivity contribution in [3.05, 3.63) is 117 Å². The summed E-state index contributed by atoms with van der Waals surface area (Å²) in [5.41, 5.74) is 7.73. The number of carbonyl (C=O) groups is 2. The molecule has 0 spiro atoms. The maximum Gasteiger partial charge on any atom is 0.186 e. The predicted molar refractivity (Wildman–Crippen MR) is 215 cm³/mol. The SMILES string of the molecule is CC(C)(C)C1=CCCC(=CNC2=CC3=c4c(cc(NC=C5C=CCC(C(C)(C)C)C5=O)cc4=CC(N=Cc4cccc(C(C)(C)C)c4O)C3)C2)C1=O. The quantitative estimate of drug-likeness (QED) is 0.209. The number of aromatic hydroxyl groups is 1. The van der Waals surface area contributed by atoms with Crippen molar-refractivity contribution in [2.75, 3.05) is 5.32 Å². The number of phenols is 1. The molecule has 6 rings (SSSR count). The highest BCUT2D eigenvalue weighted by Crippen LogP contribution is 2.36. The van der Waals surface area contributed by atoms with Gasteiger partial charge in [0.2, 0.25) is 0 Å². The van der Waals surface area contributed by atoms with Gasteiger partial charge >= 0.3 is 0 Å². The predicted octanol–water partition coefficient (Wildman–Crippen LogP) is 8.25. The summed E-state index contributed by atoms with van der Waals surface area (Å²) in [4.78, 5) is 31.8. The number of ketones is 2. The Hall–Kier alpha value is -4.71. The zero-order valence-electron chi connectivity index (χ0n) is 32.4. The second-order valence-corrected chi connectivity index (χ2v) is 17.9. The van der Waals surface area contributed by atoms with E-state index in [0.717, 1.165) is 52.6 Å². The minimum atomic E-state index is -0.199. The van der Waals surface area contributed by atoms with Crippen molar-refractivity contribution in [1.29, 1.82) is 0 Å². The maximum absolute atomic E-state index is 13.4. The molecule has 6 nitrogen and oxygen atoms in total. The van der Waals surface area contributed by atoms with E-state index in [-0.39, 0.29) is 45.5 Å². The number of benzene rings is 2. The van der Waals surface area contributed by atoms with Crippen LogP contribution in [-0.2, 0) is 21.4 Å². The Balaban J connectivity index is 1.35. The van der Waals surface area contributed by atoms with Crippen LogP contribution in [0.25, 0.3) is 11.6 Å². The van der Waals surface area contributed by atoms with Gasteiger partial charge in [-0.2, -0.15) is 0 Å². The summed E-state index contributed by atoms with van der Waals surface area (Å²) in [6, 6.07) is 10.0. The van der Waals surface area contributed by atoms with E-state index < -0.39 is 0 Å². The minimum absolute atomic E-state index is 0.0539. The number of Topliss-reactive ketones (excluding diaryl/α,β-unsaturated/α-hetero) is 2. The Labute approximate surface area is 309 Å². The molecule has 2 aromatic rings. The van der Waals surface area contributed by atoms with Crippen LogP contribution in [0.3, 0.4) is 0 Å². The van der Waals surface area contributed by atoms with Gasteiger partial charge in [0.1, 0.15) is 5.75 Å². The summed E-state index contributed by atoms with van der Waals surface area (Å²) in [5.74, 6) is 0.504. The third kappa shape index (κ3) is 7.86. The molecule has 0 radical (unpaired) electrons. The zero-order valence-corrected chi connectivity index (χ0v) is 32.4. The average Bonchev–Trinajstić information content (AvgIpc) is 3.05. The molecule has 0 aliphatic heterocycles. The first-order valence-electron chi connectivity index (χ1n) is 18.7. The zero-order chi connectivity index (χ0) is 37.6. The molecule has 3 N–H and O–H groups in total. The Kier molecular flexibility index (Phi) is 9.99. The van der Waals surface area contributed by atoms with E-state index >= 15 is 0 Å². The molecular weight excluding hydrogens is 643 g/mol. The molecule has 0 saturated heterocycles. The molecule has 2 atom stereocenters. The largest absolute Gasteiger partial charge is 0.507 e. The fraction of sp³-hybridized carbons (Fsp3) is 0.413. The molecular formula is C46H55N3O3. The molecule has 0 aromatic heterocycles. The topological polar surface area (TPSA) is 90.8 Å². The summed E-state index contributed by atoms with van der Waals surface area (Å²) in [6.45, 7) is 18.9. The normalized spacial score (nSPS) is 22.4. The fourth-order valence-electron chi connectivity index (χ4n) is 7.76. The molecule has 0 bridgehead atoms. The van der Waals surface area contributed by atoms with Crippen molar-refractivity contribution in [2.45, 2.75) is 106 Å². The molecule has 2 aromatic carbocycles. The Morgan fingerprint density at radius 2 is 1.71 bits per heavy atom. The molecule has 0 amide bonds. The summed E-state index contributed by atoms with van der Waals surface area (Å²) in [7, 11) is 0. The highest BCUT2D eigenvalue weighted by molar-refractivity contribution is 6.09. The number of phenolic OH excluding ortho intramolecular Hbond substituents is 1. The second kappa shape index (κ2) is 14.0. The molecule has 0 saturated carbocycles. The number of hydrogen-bond donors (Lipinski definition) is 3. The van der Waals surface area contributed by atoms with Gasteiger partial charge in [-0.3, -0.25) is 14.6 Å². The lowest BCUT2D eigenvalue weighted by Crippen LogP contribution is -2.39. The summed E-state index contributed by atoms with van der Waals surface area (Å²) < 4.78 is 0. The first-order valence-corrected chi connectivity index (χ1v) is 18.7. The van der Waals surface area contributed by atoms with Gasteiger partial charge in [0, 0.05) is 64.6 Å². The van der Waals surface area contributed by atoms with E-state index in [4.69, 9.17) is 4.99 Å². The van der Waals surface area contributed by atoms with Crippen LogP contribution in [0.4, 0.5) is 5.69 Å². The van der Waals surface area contributed by atoms with Crippen LogP contribution < -0.4 is 21.1 Å². The van der Waals surface area contributed by atoms with Gasteiger partial charge in [0.25, 0.3) is 0 Å². The molecule has 272 valence electrons. The van der Waals surface area contributed by atoms with Crippen molar-refractivity contribution in [3.8, 4) is 5.75 Å². The smallest absolute Gasteiger partial charge is 0.186 e. The third-order valence-electron chi connectivity index (χ3n) is 10.6. The lowest BCUT2D eigenvalue weighted by Gasteiger charge is -2.31. The standard InChI is InChI=1S/C46H55N3O3/c1-44(2,3)37-16-10-13-28(41(37)50)25-47-34-19-31-21-35(48-26-29-14-11-17-38(42(29)51)45(4,5)6)23-33-24-36(22-32(20-34)40(31)33)49-27-30-15-12-18-39(43(30)52)46(7,8)9/h10-11,13-14,16,18-19,21-23,25-27,34,38,48-50H,12,15,17,20,24H2,1-9H3. The van der Waals surface area contributed by atoms with E-state index in [1.807, 2.05) is 36.7 Å². The number of aliphatic imine (C=N–C) groups is 1. The minimum Gasteiger partial charge on any atom is -0.507 e. The van der Waals surface area contributed by atoms with Crippen LogP contribution in [0.2, 0.25) is 0 Å². The van der Waals surface area contributed by atoms with Crippen molar-refractivity contribution in [3.63, 3.8) is 0 Å². The van der Waals surface area contributed by atoms with Crippen molar-refractivity contribution in [2.24, 2.45) is 21.7 Å². The van der Waals surface area contributed by atoms with Crippen LogP contribution >= 0.6 is 0 Å². The van der Waals surface area contributed by atoms with Crippen LogP contribution in [0, 0.1) is 16.7 Å². The highest BCUT2D eigenvalue weighted by Gasteiger charge is 2.33. The maximum atomic E-state index is 13.4. The summed E-state index contributed by atoms with van der Waals surface area (Å²) in [5, 5.41) is 20.4. The lowest BCUT2D eigenvalue weighted by atomic mass is 9.72. The molecule has 4 aliphatic carbocycles. The monoisotopic (exact) mass is 697 g/mol. The van der Waals surface area contributed by atoms with Crippen molar-refractivity contribution >= 4 is 35.1 Å². The van der Waals surface area contributed by atoms with E-state index in [2.05, 4.69) is 109 Å². The van der Waals surface area contributed by atoms with Crippen LogP contribution in [0.1, 0.15) is 105 Å². The lowest BCUT2D eigenvalue weighted by molar-refractivity contribution is -0.122. The number of para-hydroxylation sites is 1. The van der Waals surface area contributed by atoms with Crippen molar-refractivity contribution in [1.82, 2.24) is 5.32 Å². The number of allylic oxidation sites excluding steroid dienone is 8. The fourth-order valence-corrected chi connectivity index (χ4v) is 7.76. The Morgan fingerprint density at radius 1 is 0.942 bits per heavy atom. The first-order chi connectivity index (χ1) is 24.4. The second-order valence-electron chi connectivity index (χ2n) is 17.9. The number of hydrogen-bond acceptors (Lipinski definition) is 6. The van der Waals surface area contributed by atoms with Gasteiger partial charge in [-0.1, -0.05) is 98.8 Å². The van der Waals surface area contributed by atoms with Crippen molar-refractivity contribution < 1.29 is 14.7 Å². The third-order valence-corrected chi connectivity index (χ3v) is 10.6. The van der Waals surface area contributed by atoms with Gasteiger partial charge in [-0.05, 0) is 93.3 Å². The number of nitrogens with one attached hydrogen (secondary N) is 2. The summed E-state index contributed by atoms with van der Waals surface area (Å²) in [6.07, 6.45) is 19.8. The molecule has 2 unspecified atom stereocenters. The summed E-state index contributed by atoms with van der Waals surface area (Å²) >= 11 is 0. The molecule has 0 heterocycles. The van der Waals surface area contributed by atoms with Gasteiger partial charge in [0.05, 0.1) is 6.04 Å². The first kappa shape index (κ1) is 37.1. The van der Waals surface area contributed by atoms with Gasteiger partial charge in [-0.15, -0.1) is 0 Å². The molecule has 4 aliphatic rings. The van der Waals surface area contributed by atoms with E-state index in [9.17, 15) is 14.7 Å². The Morgan fingerprint density at radius 3 is 2.42 bits per heavy atom. The molecule has 52 heavy (non-hydrogen) atoms. The Bertz CT molecular complexity index is 2120. The number of anilines is 1. The number of carbonyl (C=O) groups excluding carboxylic acids is 2. The van der Waals surface area contributed by atoms with Crippen LogP contribution in [-0.4, -0.2) is 28.9 Å². The van der Waals surface area contributed by atoms with Gasteiger partial charge in [-0.25, -0.2) is 0 Å². The van der Waals surface area contributed by atoms with Gasteiger partial charge in [0.15, 0.2) is 11.6 Å². The average molecular weight is 698 g/mol. The van der Waals surface area contributed by atoms with E-state index in [1.54, 1.807) is 6.21 Å². The van der Waals surface area contributed by atoms with Crippen LogP contribution in [0.15, 0.2) is 94.4 Å². The van der Waals surface area contributed by atoms with Gasteiger partial charge < -0.3 is 15.7 Å². The van der Waals surface area contributed by atoms with E-state index in [1.165, 1.54) is 16.4 Å². The number of nitrogens with zero attached hydrogens (tertiary/aromatic N) is 1.